The molecule has 2 rings (SSSR count). The van der Waals surface area contributed by atoms with E-state index >= 15 is 0 Å². The van der Waals surface area contributed by atoms with Gasteiger partial charge in [0.15, 0.2) is 0 Å². The van der Waals surface area contributed by atoms with E-state index in [9.17, 15) is 4.21 Å². The number of benzene rings is 2. The maximum atomic E-state index is 11.3. The minimum atomic E-state index is -0.921. The monoisotopic (exact) mass is 303 g/mol. The fourth-order valence-corrected chi connectivity index (χ4v) is 2.56. The summed E-state index contributed by atoms with van der Waals surface area (Å²) in [6.07, 6.45) is 1.78. The Balaban J connectivity index is 2.01. The van der Waals surface area contributed by atoms with Crippen LogP contribution in [0.25, 0.3) is 0 Å². The summed E-state index contributed by atoms with van der Waals surface area (Å²) >= 11 is 0. The molecule has 0 heterocycles. The number of rotatable bonds is 6. The van der Waals surface area contributed by atoms with Crippen LogP contribution in [0.4, 0.5) is 5.69 Å². The minimum absolute atomic E-state index is 0.0885. The van der Waals surface area contributed by atoms with E-state index in [2.05, 4.69) is 17.4 Å². The van der Waals surface area contributed by atoms with Gasteiger partial charge in [0.2, 0.25) is 0 Å². The maximum Gasteiger partial charge on any atom is 0.0793 e. The second-order valence-corrected chi connectivity index (χ2v) is 6.33. The molecule has 0 radical (unpaired) electrons. The highest BCUT2D eigenvalue weighted by Crippen LogP contribution is 2.20. The van der Waals surface area contributed by atoms with Gasteiger partial charge in [-0.2, -0.15) is 0 Å². The zero-order chi connectivity index (χ0) is 15.2. The third kappa shape index (κ3) is 4.41. The summed E-state index contributed by atoms with van der Waals surface area (Å²) in [6.45, 7) is 2.77. The van der Waals surface area contributed by atoms with Crippen molar-refractivity contribution in [2.24, 2.45) is 0 Å². The predicted molar refractivity (Wildman–Crippen MR) is 88.0 cm³/mol. The molecule has 3 nitrogen and oxygen atoms in total. The maximum absolute atomic E-state index is 11.3. The van der Waals surface area contributed by atoms with Crippen molar-refractivity contribution in [3.8, 4) is 0 Å². The molecule has 21 heavy (non-hydrogen) atoms. The first kappa shape index (κ1) is 15.7. The van der Waals surface area contributed by atoms with Crippen molar-refractivity contribution in [2.45, 2.75) is 24.5 Å². The zero-order valence-electron chi connectivity index (χ0n) is 12.6. The van der Waals surface area contributed by atoms with Gasteiger partial charge in [-0.25, -0.2) is 0 Å². The highest BCUT2D eigenvalue weighted by molar-refractivity contribution is 7.84. The first-order valence-electron chi connectivity index (χ1n) is 6.89. The largest absolute Gasteiger partial charge is 0.381 e. The summed E-state index contributed by atoms with van der Waals surface area (Å²) < 4.78 is 16.7. The van der Waals surface area contributed by atoms with Gasteiger partial charge in [-0.3, -0.25) is 4.21 Å². The van der Waals surface area contributed by atoms with Gasteiger partial charge in [-0.15, -0.1) is 0 Å². The Morgan fingerprint density at radius 2 is 1.90 bits per heavy atom. The van der Waals surface area contributed by atoms with Crippen LogP contribution in [0.15, 0.2) is 53.4 Å². The van der Waals surface area contributed by atoms with Crippen LogP contribution < -0.4 is 5.32 Å². The number of hydrogen-bond donors (Lipinski definition) is 1. The van der Waals surface area contributed by atoms with E-state index in [0.29, 0.717) is 0 Å². The molecule has 0 aliphatic carbocycles. The van der Waals surface area contributed by atoms with Crippen molar-refractivity contribution in [3.05, 3.63) is 59.7 Å². The molecule has 2 aromatic rings. The van der Waals surface area contributed by atoms with Crippen molar-refractivity contribution >= 4 is 16.5 Å². The average Bonchev–Trinajstić information content (AvgIpc) is 2.52. The number of methoxy groups -OCH3 is 1. The Kier molecular flexibility index (Phi) is 5.53. The number of nitrogens with one attached hydrogen (secondary N) is 1. The van der Waals surface area contributed by atoms with Crippen LogP contribution in [0.3, 0.4) is 0 Å². The van der Waals surface area contributed by atoms with Crippen LogP contribution in [0.1, 0.15) is 24.2 Å². The van der Waals surface area contributed by atoms with Crippen LogP contribution in [0.5, 0.6) is 0 Å². The highest BCUT2D eigenvalue weighted by atomic mass is 32.2. The molecule has 0 spiro atoms. The highest BCUT2D eigenvalue weighted by Gasteiger charge is 2.04. The Morgan fingerprint density at radius 3 is 2.52 bits per heavy atom. The van der Waals surface area contributed by atoms with E-state index in [4.69, 9.17) is 4.74 Å². The number of anilines is 1. The summed E-state index contributed by atoms with van der Waals surface area (Å²) in [5.74, 6) is 0. The van der Waals surface area contributed by atoms with E-state index in [0.717, 1.165) is 28.3 Å². The lowest BCUT2D eigenvalue weighted by Gasteiger charge is -2.12. The van der Waals surface area contributed by atoms with Gasteiger partial charge in [0.25, 0.3) is 0 Å². The summed E-state index contributed by atoms with van der Waals surface area (Å²) in [5.41, 5.74) is 3.38. The standard InChI is InChI=1S/C17H21NO2S/c1-13(20-2)15-5-4-6-16(11-15)18-12-14-7-9-17(10-8-14)21(3)19/h4-11,13,18H,12H2,1-3H3/t13-,21-/m0/s1. The molecule has 112 valence electrons. The smallest absolute Gasteiger partial charge is 0.0793 e. The lowest BCUT2D eigenvalue weighted by Crippen LogP contribution is -2.01. The summed E-state index contributed by atoms with van der Waals surface area (Å²) in [7, 11) is 0.791. The van der Waals surface area contributed by atoms with Gasteiger partial charge >= 0.3 is 0 Å². The Hall–Kier alpha value is -1.65. The molecule has 0 unspecified atom stereocenters. The molecular weight excluding hydrogens is 282 g/mol. The molecule has 0 saturated carbocycles. The molecule has 0 bridgehead atoms. The summed E-state index contributed by atoms with van der Waals surface area (Å²) in [4.78, 5) is 0.856. The average molecular weight is 303 g/mol. The number of hydrogen-bond acceptors (Lipinski definition) is 3. The van der Waals surface area contributed by atoms with Gasteiger partial charge in [0, 0.05) is 41.3 Å². The Bertz CT molecular complexity index is 610. The molecule has 2 aromatic carbocycles. The second-order valence-electron chi connectivity index (χ2n) is 4.96. The fourth-order valence-electron chi connectivity index (χ4n) is 2.04. The predicted octanol–water partition coefficient (Wildman–Crippen LogP) is 3.74. The fraction of sp³-hybridized carbons (Fsp3) is 0.294. The molecular formula is C17H21NO2S. The van der Waals surface area contributed by atoms with E-state index < -0.39 is 10.8 Å². The van der Waals surface area contributed by atoms with Gasteiger partial charge in [0.05, 0.1) is 6.10 Å². The summed E-state index contributed by atoms with van der Waals surface area (Å²) in [5, 5.41) is 3.40. The molecule has 0 saturated heterocycles. The van der Waals surface area contributed by atoms with Gasteiger partial charge in [-0.05, 0) is 42.3 Å². The van der Waals surface area contributed by atoms with Crippen LogP contribution in [0, 0.1) is 0 Å². The first-order valence-corrected chi connectivity index (χ1v) is 8.45. The molecule has 0 aromatic heterocycles. The van der Waals surface area contributed by atoms with E-state index in [-0.39, 0.29) is 6.10 Å². The van der Waals surface area contributed by atoms with Crippen molar-refractivity contribution in [1.29, 1.82) is 0 Å². The van der Waals surface area contributed by atoms with E-state index in [1.807, 2.05) is 43.3 Å². The molecule has 4 heteroatoms. The molecule has 2 atom stereocenters. The van der Waals surface area contributed by atoms with Crippen molar-refractivity contribution in [1.82, 2.24) is 0 Å². The number of ether oxygens (including phenoxy) is 1. The van der Waals surface area contributed by atoms with Crippen molar-refractivity contribution < 1.29 is 8.95 Å². The van der Waals surface area contributed by atoms with Crippen molar-refractivity contribution in [3.63, 3.8) is 0 Å². The molecule has 1 N–H and O–H groups in total. The minimum Gasteiger partial charge on any atom is -0.381 e. The SMILES string of the molecule is CO[C@@H](C)c1cccc(NCc2ccc([S@](C)=O)cc2)c1. The Morgan fingerprint density at radius 1 is 1.19 bits per heavy atom. The van der Waals surface area contributed by atoms with Crippen LogP contribution in [0.2, 0.25) is 0 Å². The van der Waals surface area contributed by atoms with Crippen molar-refractivity contribution in [2.75, 3.05) is 18.7 Å². The zero-order valence-corrected chi connectivity index (χ0v) is 13.4. The lowest BCUT2D eigenvalue weighted by atomic mass is 10.1. The van der Waals surface area contributed by atoms with Gasteiger partial charge in [-0.1, -0.05) is 24.3 Å². The topological polar surface area (TPSA) is 38.3 Å². The van der Waals surface area contributed by atoms with E-state index in [1.54, 1.807) is 13.4 Å². The molecule has 0 amide bonds. The Labute approximate surface area is 128 Å². The van der Waals surface area contributed by atoms with E-state index in [1.165, 1.54) is 0 Å². The molecule has 0 aliphatic heterocycles. The summed E-state index contributed by atoms with van der Waals surface area (Å²) in [6, 6.07) is 16.1. The van der Waals surface area contributed by atoms with Crippen LogP contribution in [-0.4, -0.2) is 17.6 Å². The lowest BCUT2D eigenvalue weighted by molar-refractivity contribution is 0.119. The normalized spacial score (nSPS) is 13.7. The molecule has 0 fully saturated rings. The third-order valence-electron chi connectivity index (χ3n) is 3.46. The quantitative estimate of drug-likeness (QED) is 0.883. The second kappa shape index (κ2) is 7.38. The molecule has 0 aliphatic rings. The first-order chi connectivity index (χ1) is 10.1. The third-order valence-corrected chi connectivity index (χ3v) is 4.40. The van der Waals surface area contributed by atoms with Gasteiger partial charge < -0.3 is 10.1 Å². The van der Waals surface area contributed by atoms with Gasteiger partial charge in [0.1, 0.15) is 0 Å². The van der Waals surface area contributed by atoms with Crippen LogP contribution >= 0.6 is 0 Å². The van der Waals surface area contributed by atoms with Crippen LogP contribution in [-0.2, 0) is 22.1 Å².